The number of piperazine rings is 1. The fourth-order valence-electron chi connectivity index (χ4n) is 3.28. The molecule has 1 heterocycles. The van der Waals surface area contributed by atoms with Gasteiger partial charge in [0.15, 0.2) is 0 Å². The zero-order chi connectivity index (χ0) is 19.4. The quantitative estimate of drug-likeness (QED) is 0.791. The number of methoxy groups -OCH3 is 2. The molecule has 2 aromatic rings. The monoisotopic (exact) mass is 395 g/mol. The van der Waals surface area contributed by atoms with Gasteiger partial charge in [-0.25, -0.2) is 12.8 Å². The molecule has 3 rings (SSSR count). The van der Waals surface area contributed by atoms with Crippen molar-refractivity contribution in [1.29, 1.82) is 0 Å². The molecule has 0 spiro atoms. The highest BCUT2D eigenvalue weighted by atomic mass is 32.2. The van der Waals surface area contributed by atoms with Gasteiger partial charge in [0, 0.05) is 11.6 Å². The third kappa shape index (κ3) is 4.40. The van der Waals surface area contributed by atoms with Crippen LogP contribution in [-0.2, 0) is 16.6 Å². The van der Waals surface area contributed by atoms with Crippen LogP contribution in [0.4, 0.5) is 4.39 Å². The Morgan fingerprint density at radius 3 is 2.44 bits per heavy atom. The summed E-state index contributed by atoms with van der Waals surface area (Å²) < 4.78 is 51.2. The summed E-state index contributed by atoms with van der Waals surface area (Å²) >= 11 is 0. The summed E-state index contributed by atoms with van der Waals surface area (Å²) in [5.74, 6) is 0.554. The Labute approximate surface area is 159 Å². The van der Waals surface area contributed by atoms with E-state index in [1.54, 1.807) is 18.2 Å². The summed E-state index contributed by atoms with van der Waals surface area (Å²) in [5, 5.41) is 0. The molecule has 146 valence electrons. The molecule has 27 heavy (non-hydrogen) atoms. The van der Waals surface area contributed by atoms with Crippen molar-refractivity contribution >= 4 is 10.0 Å². The van der Waals surface area contributed by atoms with E-state index < -0.39 is 10.0 Å². The molecule has 0 aliphatic carbocycles. The number of benzene rings is 2. The van der Waals surface area contributed by atoms with Gasteiger partial charge in [0.1, 0.15) is 28.8 Å². The summed E-state index contributed by atoms with van der Waals surface area (Å²) in [5.41, 5.74) is 0.915. The fourth-order valence-corrected chi connectivity index (χ4v) is 4.86. The third-order valence-corrected chi connectivity index (χ3v) is 6.70. The number of halogens is 1. The van der Waals surface area contributed by atoms with Crippen molar-refractivity contribution in [2.75, 3.05) is 40.4 Å². The predicted octanol–water partition coefficient (Wildman–Crippen LogP) is 0.932. The Bertz CT molecular complexity index is 896. The zero-order valence-electron chi connectivity index (χ0n) is 15.4. The number of ether oxygens (including phenoxy) is 2. The molecule has 0 bridgehead atoms. The van der Waals surface area contributed by atoms with Crippen molar-refractivity contribution in [3.05, 3.63) is 53.8 Å². The Balaban J connectivity index is 1.69. The molecular weight excluding hydrogens is 371 g/mol. The molecule has 1 saturated heterocycles. The summed E-state index contributed by atoms with van der Waals surface area (Å²) in [6, 6.07) is 11.2. The molecule has 1 aliphatic heterocycles. The smallest absolute Gasteiger partial charge is 0.247 e. The average molecular weight is 395 g/mol. The van der Waals surface area contributed by atoms with E-state index in [1.165, 1.54) is 41.6 Å². The molecule has 8 heteroatoms. The van der Waals surface area contributed by atoms with E-state index in [0.717, 1.165) is 5.56 Å². The van der Waals surface area contributed by atoms with Crippen LogP contribution in [0.3, 0.4) is 0 Å². The first kappa shape index (κ1) is 19.6. The van der Waals surface area contributed by atoms with Crippen LogP contribution in [0.5, 0.6) is 11.5 Å². The first-order valence-electron chi connectivity index (χ1n) is 8.74. The van der Waals surface area contributed by atoms with Crippen molar-refractivity contribution in [1.82, 2.24) is 4.31 Å². The minimum Gasteiger partial charge on any atom is -0.497 e. The fraction of sp³-hybridized carbons (Fsp3) is 0.368. The van der Waals surface area contributed by atoms with Crippen LogP contribution >= 0.6 is 0 Å². The first-order chi connectivity index (χ1) is 12.9. The van der Waals surface area contributed by atoms with Gasteiger partial charge in [-0.1, -0.05) is 12.1 Å². The maximum atomic E-state index is 13.3. The second-order valence-electron chi connectivity index (χ2n) is 6.48. The lowest BCUT2D eigenvalue weighted by atomic mass is 10.2. The molecule has 0 amide bonds. The van der Waals surface area contributed by atoms with Crippen molar-refractivity contribution in [2.24, 2.45) is 0 Å². The summed E-state index contributed by atoms with van der Waals surface area (Å²) in [7, 11) is -0.697. The van der Waals surface area contributed by atoms with Crippen molar-refractivity contribution in [2.45, 2.75) is 11.4 Å². The van der Waals surface area contributed by atoms with E-state index in [2.05, 4.69) is 0 Å². The Hall–Kier alpha value is -2.16. The maximum Gasteiger partial charge on any atom is 0.247 e. The van der Waals surface area contributed by atoms with Crippen molar-refractivity contribution in [3.63, 3.8) is 0 Å². The molecule has 2 aromatic carbocycles. The second kappa shape index (κ2) is 8.24. The van der Waals surface area contributed by atoms with Crippen LogP contribution in [0.25, 0.3) is 0 Å². The number of hydrogen-bond acceptors (Lipinski definition) is 4. The van der Waals surface area contributed by atoms with Crippen molar-refractivity contribution in [3.8, 4) is 11.5 Å². The number of rotatable bonds is 6. The van der Waals surface area contributed by atoms with Gasteiger partial charge in [-0.05, 0) is 24.3 Å². The topological polar surface area (TPSA) is 60.3 Å². The molecule has 1 N–H and O–H groups in total. The molecule has 1 aliphatic rings. The third-order valence-electron chi connectivity index (χ3n) is 4.76. The lowest BCUT2D eigenvalue weighted by molar-refractivity contribution is -0.917. The van der Waals surface area contributed by atoms with Crippen molar-refractivity contribution < 1.29 is 27.2 Å². The van der Waals surface area contributed by atoms with Gasteiger partial charge in [-0.2, -0.15) is 4.31 Å². The van der Waals surface area contributed by atoms with Crippen LogP contribution < -0.4 is 14.4 Å². The minimum absolute atomic E-state index is 0.138. The number of quaternary nitrogens is 1. The van der Waals surface area contributed by atoms with E-state index in [1.807, 2.05) is 6.07 Å². The summed E-state index contributed by atoms with van der Waals surface area (Å²) in [6.45, 7) is 2.81. The lowest BCUT2D eigenvalue weighted by Crippen LogP contribution is -3.13. The largest absolute Gasteiger partial charge is 0.497 e. The number of nitrogens with one attached hydrogen (secondary N) is 1. The molecule has 1 fully saturated rings. The van der Waals surface area contributed by atoms with Gasteiger partial charge in [-0.15, -0.1) is 0 Å². The highest BCUT2D eigenvalue weighted by Gasteiger charge is 2.32. The molecule has 0 unspecified atom stereocenters. The van der Waals surface area contributed by atoms with Gasteiger partial charge in [0.05, 0.1) is 40.4 Å². The first-order valence-corrected chi connectivity index (χ1v) is 10.2. The number of nitrogens with zero attached hydrogens (tertiary/aromatic N) is 1. The van der Waals surface area contributed by atoms with Gasteiger partial charge < -0.3 is 14.4 Å². The SMILES string of the molecule is COc1ccc(S(=O)(=O)N2CC[NH+](Cc3cccc(F)c3)CC2)c(OC)c1. The number of hydrogen-bond donors (Lipinski definition) is 1. The molecule has 0 atom stereocenters. The van der Waals surface area contributed by atoms with E-state index >= 15 is 0 Å². The second-order valence-corrected chi connectivity index (χ2v) is 8.38. The van der Waals surface area contributed by atoms with Crippen LogP contribution in [0.1, 0.15) is 5.56 Å². The summed E-state index contributed by atoms with van der Waals surface area (Å²) in [6.07, 6.45) is 0. The van der Waals surface area contributed by atoms with Gasteiger partial charge in [-0.3, -0.25) is 0 Å². The van der Waals surface area contributed by atoms with E-state index in [-0.39, 0.29) is 16.5 Å². The van der Waals surface area contributed by atoms with Gasteiger partial charge >= 0.3 is 0 Å². The van der Waals surface area contributed by atoms with E-state index in [0.29, 0.717) is 38.5 Å². The van der Waals surface area contributed by atoms with Crippen LogP contribution in [0.2, 0.25) is 0 Å². The molecule has 0 aromatic heterocycles. The molecule has 0 radical (unpaired) electrons. The molecular formula is C19H24FN2O4S+. The predicted molar refractivity (Wildman–Crippen MR) is 99.1 cm³/mol. The Morgan fingerprint density at radius 2 is 1.81 bits per heavy atom. The highest BCUT2D eigenvalue weighted by molar-refractivity contribution is 7.89. The lowest BCUT2D eigenvalue weighted by Gasteiger charge is -2.31. The molecule has 0 saturated carbocycles. The highest BCUT2D eigenvalue weighted by Crippen LogP contribution is 2.30. The minimum atomic E-state index is -3.65. The normalized spacial score (nSPS) is 16.3. The van der Waals surface area contributed by atoms with E-state index in [4.69, 9.17) is 9.47 Å². The Morgan fingerprint density at radius 1 is 1.07 bits per heavy atom. The molecule has 6 nitrogen and oxygen atoms in total. The maximum absolute atomic E-state index is 13.3. The number of sulfonamides is 1. The standard InChI is InChI=1S/C19H23FN2O4S/c1-25-17-6-7-19(18(13-17)26-2)27(23,24)22-10-8-21(9-11-22)14-15-4-3-5-16(20)12-15/h3-7,12-13H,8-11,14H2,1-2H3/p+1. The Kier molecular flexibility index (Phi) is 5.98. The van der Waals surface area contributed by atoms with Gasteiger partial charge in [0.25, 0.3) is 0 Å². The van der Waals surface area contributed by atoms with E-state index in [9.17, 15) is 12.8 Å². The van der Waals surface area contributed by atoms with Gasteiger partial charge in [0.2, 0.25) is 10.0 Å². The zero-order valence-corrected chi connectivity index (χ0v) is 16.3. The van der Waals surface area contributed by atoms with Crippen LogP contribution in [0, 0.1) is 5.82 Å². The average Bonchev–Trinajstić information content (AvgIpc) is 2.68. The van der Waals surface area contributed by atoms with Crippen LogP contribution in [-0.4, -0.2) is 53.1 Å². The summed E-state index contributed by atoms with van der Waals surface area (Å²) in [4.78, 5) is 1.37. The van der Waals surface area contributed by atoms with Crippen LogP contribution in [0.15, 0.2) is 47.4 Å².